The van der Waals surface area contributed by atoms with Crippen molar-refractivity contribution in [3.8, 4) is 0 Å². The standard InChI is InChI=1S/C27H38FN3O4S/c1-6-16-29-27(33)25(7-2)30(19-22-11-13-23(28)14-12-22)26(32)9-8-17-31(36(5,34)35)24-15-10-20(3)21(4)18-24/h10-15,18,25H,6-9,16-17,19H2,1-5H3,(H,29,33). The van der Waals surface area contributed by atoms with E-state index in [0.717, 1.165) is 23.8 Å². The van der Waals surface area contributed by atoms with Gasteiger partial charge in [0.2, 0.25) is 21.8 Å². The Labute approximate surface area is 214 Å². The number of sulfonamides is 1. The molecule has 0 saturated heterocycles. The number of amides is 2. The van der Waals surface area contributed by atoms with Crippen LogP contribution in [0.1, 0.15) is 56.2 Å². The van der Waals surface area contributed by atoms with Gasteiger partial charge in [-0.15, -0.1) is 0 Å². The molecule has 0 radical (unpaired) electrons. The number of hydrogen-bond donors (Lipinski definition) is 1. The number of hydrogen-bond acceptors (Lipinski definition) is 4. The van der Waals surface area contributed by atoms with Crippen LogP contribution in [0.4, 0.5) is 10.1 Å². The Morgan fingerprint density at radius 1 is 1.03 bits per heavy atom. The van der Waals surface area contributed by atoms with Gasteiger partial charge in [0.1, 0.15) is 11.9 Å². The summed E-state index contributed by atoms with van der Waals surface area (Å²) in [7, 11) is -3.55. The second-order valence-corrected chi connectivity index (χ2v) is 11.0. The fourth-order valence-electron chi connectivity index (χ4n) is 3.96. The molecule has 9 heteroatoms. The average molecular weight is 520 g/mol. The lowest BCUT2D eigenvalue weighted by atomic mass is 10.1. The first-order chi connectivity index (χ1) is 17.0. The predicted octanol–water partition coefficient (Wildman–Crippen LogP) is 4.32. The van der Waals surface area contributed by atoms with Gasteiger partial charge < -0.3 is 10.2 Å². The molecule has 1 unspecified atom stereocenters. The Morgan fingerprint density at radius 2 is 1.69 bits per heavy atom. The summed E-state index contributed by atoms with van der Waals surface area (Å²) in [4.78, 5) is 27.7. The minimum atomic E-state index is -3.55. The maximum absolute atomic E-state index is 13.4. The van der Waals surface area contributed by atoms with Crippen LogP contribution >= 0.6 is 0 Å². The molecule has 2 amide bonds. The molecule has 0 aliphatic rings. The van der Waals surface area contributed by atoms with E-state index in [1.807, 2.05) is 39.8 Å². The fourth-order valence-corrected chi connectivity index (χ4v) is 4.91. The van der Waals surface area contributed by atoms with Gasteiger partial charge in [-0.1, -0.05) is 32.0 Å². The second-order valence-electron chi connectivity index (χ2n) is 9.07. The molecule has 0 heterocycles. The van der Waals surface area contributed by atoms with E-state index in [1.54, 1.807) is 18.2 Å². The first kappa shape index (κ1) is 29.3. The number of anilines is 1. The quantitative estimate of drug-likeness (QED) is 0.427. The van der Waals surface area contributed by atoms with Crippen LogP contribution in [0.25, 0.3) is 0 Å². The van der Waals surface area contributed by atoms with Gasteiger partial charge >= 0.3 is 0 Å². The Hall–Kier alpha value is -2.94. The van der Waals surface area contributed by atoms with E-state index in [-0.39, 0.29) is 43.6 Å². The maximum Gasteiger partial charge on any atom is 0.242 e. The van der Waals surface area contributed by atoms with E-state index >= 15 is 0 Å². The molecule has 7 nitrogen and oxygen atoms in total. The van der Waals surface area contributed by atoms with Gasteiger partial charge in [0.25, 0.3) is 0 Å². The van der Waals surface area contributed by atoms with Gasteiger partial charge in [0, 0.05) is 26.1 Å². The molecule has 1 N–H and O–H groups in total. The van der Waals surface area contributed by atoms with Crippen LogP contribution in [0, 0.1) is 19.7 Å². The van der Waals surface area contributed by atoms with Crippen LogP contribution in [0.2, 0.25) is 0 Å². The number of aryl methyl sites for hydroxylation is 2. The Balaban J connectivity index is 2.21. The van der Waals surface area contributed by atoms with Gasteiger partial charge in [-0.3, -0.25) is 13.9 Å². The van der Waals surface area contributed by atoms with Crippen molar-refractivity contribution < 1.29 is 22.4 Å². The number of carbonyl (C=O) groups excluding carboxylic acids is 2. The highest BCUT2D eigenvalue weighted by Gasteiger charge is 2.28. The Morgan fingerprint density at radius 3 is 2.25 bits per heavy atom. The molecule has 0 aliphatic carbocycles. The number of carbonyl (C=O) groups is 2. The lowest BCUT2D eigenvalue weighted by Gasteiger charge is -2.31. The average Bonchev–Trinajstić information content (AvgIpc) is 2.82. The zero-order chi connectivity index (χ0) is 26.9. The molecule has 1 atom stereocenters. The van der Waals surface area contributed by atoms with E-state index in [4.69, 9.17) is 0 Å². The van der Waals surface area contributed by atoms with Gasteiger partial charge in [0.05, 0.1) is 11.9 Å². The molecular formula is C27H38FN3O4S. The SMILES string of the molecule is CCCNC(=O)C(CC)N(Cc1ccc(F)cc1)C(=O)CCCN(c1ccc(C)c(C)c1)S(C)(=O)=O. The zero-order valence-corrected chi connectivity index (χ0v) is 22.7. The molecular weight excluding hydrogens is 481 g/mol. The molecule has 0 spiro atoms. The van der Waals surface area contributed by atoms with E-state index in [9.17, 15) is 22.4 Å². The lowest BCUT2D eigenvalue weighted by molar-refractivity contribution is -0.141. The summed E-state index contributed by atoms with van der Waals surface area (Å²) in [6.07, 6.45) is 2.69. The smallest absolute Gasteiger partial charge is 0.242 e. The maximum atomic E-state index is 13.4. The van der Waals surface area contributed by atoms with Crippen molar-refractivity contribution in [2.24, 2.45) is 0 Å². The number of nitrogens with zero attached hydrogens (tertiary/aromatic N) is 2. The minimum absolute atomic E-state index is 0.0651. The number of benzene rings is 2. The monoisotopic (exact) mass is 519 g/mol. The van der Waals surface area contributed by atoms with E-state index in [1.165, 1.54) is 21.3 Å². The highest BCUT2D eigenvalue weighted by atomic mass is 32.2. The molecule has 2 aromatic rings. The van der Waals surface area contributed by atoms with Gasteiger partial charge in [0.15, 0.2) is 0 Å². The summed E-state index contributed by atoms with van der Waals surface area (Å²) in [5.41, 5.74) is 3.30. The number of rotatable bonds is 13. The van der Waals surface area contributed by atoms with Crippen LogP contribution in [0.3, 0.4) is 0 Å². The summed E-state index contributed by atoms with van der Waals surface area (Å²) in [5.74, 6) is -0.870. The summed E-state index contributed by atoms with van der Waals surface area (Å²) in [6, 6.07) is 10.6. The van der Waals surface area contributed by atoms with E-state index < -0.39 is 16.1 Å². The summed E-state index contributed by atoms with van der Waals surface area (Å²) < 4.78 is 39.7. The molecule has 2 rings (SSSR count). The summed E-state index contributed by atoms with van der Waals surface area (Å²) in [5, 5.41) is 2.86. The largest absolute Gasteiger partial charge is 0.354 e. The lowest BCUT2D eigenvalue weighted by Crippen LogP contribution is -2.49. The summed E-state index contributed by atoms with van der Waals surface area (Å²) >= 11 is 0. The van der Waals surface area contributed by atoms with Gasteiger partial charge in [-0.2, -0.15) is 0 Å². The molecule has 2 aromatic carbocycles. The fraction of sp³-hybridized carbons (Fsp3) is 0.481. The third-order valence-corrected chi connectivity index (χ3v) is 7.33. The normalized spacial score (nSPS) is 12.2. The van der Waals surface area contributed by atoms with Crippen molar-refractivity contribution in [3.63, 3.8) is 0 Å². The first-order valence-electron chi connectivity index (χ1n) is 12.3. The second kappa shape index (κ2) is 13.4. The van der Waals surface area contributed by atoms with Crippen molar-refractivity contribution >= 4 is 27.5 Å². The van der Waals surface area contributed by atoms with Crippen LogP contribution in [-0.4, -0.2) is 50.5 Å². The van der Waals surface area contributed by atoms with Crippen LogP contribution in [0.15, 0.2) is 42.5 Å². The van der Waals surface area contributed by atoms with Crippen LogP contribution < -0.4 is 9.62 Å². The van der Waals surface area contributed by atoms with Crippen molar-refractivity contribution in [2.75, 3.05) is 23.7 Å². The highest BCUT2D eigenvalue weighted by Crippen LogP contribution is 2.22. The third-order valence-electron chi connectivity index (χ3n) is 6.13. The summed E-state index contributed by atoms with van der Waals surface area (Å²) in [6.45, 7) is 8.47. The Bertz CT molecular complexity index is 1140. The van der Waals surface area contributed by atoms with Crippen molar-refractivity contribution in [1.29, 1.82) is 0 Å². The van der Waals surface area contributed by atoms with E-state index in [2.05, 4.69) is 5.32 Å². The Kier molecular flexibility index (Phi) is 10.9. The first-order valence-corrected chi connectivity index (χ1v) is 14.2. The van der Waals surface area contributed by atoms with Gasteiger partial charge in [-0.05, 0) is 74.1 Å². The topological polar surface area (TPSA) is 86.8 Å². The van der Waals surface area contributed by atoms with Gasteiger partial charge in [-0.25, -0.2) is 12.8 Å². The number of nitrogens with one attached hydrogen (secondary N) is 1. The van der Waals surface area contributed by atoms with Crippen LogP contribution in [0.5, 0.6) is 0 Å². The molecule has 0 saturated carbocycles. The molecule has 0 aliphatic heterocycles. The number of halogens is 1. The molecule has 0 aromatic heterocycles. The zero-order valence-electron chi connectivity index (χ0n) is 21.9. The van der Waals surface area contributed by atoms with Crippen molar-refractivity contribution in [3.05, 3.63) is 65.0 Å². The van der Waals surface area contributed by atoms with Crippen molar-refractivity contribution in [1.82, 2.24) is 10.2 Å². The third kappa shape index (κ3) is 8.33. The van der Waals surface area contributed by atoms with Crippen molar-refractivity contribution in [2.45, 2.75) is 66.0 Å². The molecule has 198 valence electrons. The molecule has 0 fully saturated rings. The highest BCUT2D eigenvalue weighted by molar-refractivity contribution is 7.92. The minimum Gasteiger partial charge on any atom is -0.354 e. The molecule has 0 bridgehead atoms. The van der Waals surface area contributed by atoms with E-state index in [0.29, 0.717) is 24.2 Å². The van der Waals surface area contributed by atoms with Crippen LogP contribution in [-0.2, 0) is 26.2 Å². The molecule has 36 heavy (non-hydrogen) atoms. The predicted molar refractivity (Wildman–Crippen MR) is 142 cm³/mol.